The molecule has 5 rings (SSSR count). The van der Waals surface area contributed by atoms with Gasteiger partial charge < -0.3 is 14.2 Å². The van der Waals surface area contributed by atoms with Crippen LogP contribution in [0.5, 0.6) is 0 Å². The van der Waals surface area contributed by atoms with Crippen molar-refractivity contribution in [3.63, 3.8) is 0 Å². The fourth-order valence-electron chi connectivity index (χ4n) is 4.69. The molecule has 0 aliphatic carbocycles. The lowest BCUT2D eigenvalue weighted by Crippen LogP contribution is -2.39. The van der Waals surface area contributed by atoms with E-state index in [0.29, 0.717) is 12.5 Å². The van der Waals surface area contributed by atoms with E-state index in [2.05, 4.69) is 38.5 Å². The van der Waals surface area contributed by atoms with Gasteiger partial charge in [-0.2, -0.15) is 0 Å². The molecular formula is C26H29BrN4O2S. The number of nitrogens with zero attached hydrogens (tertiary/aromatic N) is 4. The minimum absolute atomic E-state index is 0.213. The van der Waals surface area contributed by atoms with Gasteiger partial charge in [0.05, 0.1) is 25.7 Å². The number of pyridine rings is 1. The van der Waals surface area contributed by atoms with Gasteiger partial charge in [-0.25, -0.2) is 9.78 Å². The number of amides is 1. The number of imidazole rings is 1. The summed E-state index contributed by atoms with van der Waals surface area (Å²) in [5.41, 5.74) is 4.22. The quantitative estimate of drug-likeness (QED) is 0.258. The van der Waals surface area contributed by atoms with Gasteiger partial charge in [0, 0.05) is 26.1 Å². The van der Waals surface area contributed by atoms with Crippen molar-refractivity contribution >= 4 is 54.6 Å². The second kappa shape index (κ2) is 10.4. The first-order valence-corrected chi connectivity index (χ1v) is 13.6. The molecule has 3 aromatic heterocycles. The summed E-state index contributed by atoms with van der Waals surface area (Å²) in [6.45, 7) is 4.93. The van der Waals surface area contributed by atoms with Crippen molar-refractivity contribution in [1.82, 2.24) is 19.4 Å². The number of likely N-dealkylation sites (tertiary alicyclic amines) is 1. The summed E-state index contributed by atoms with van der Waals surface area (Å²) in [6, 6.07) is 11.9. The number of carbonyl (C=O) groups excluding carboxylic acids is 1. The van der Waals surface area contributed by atoms with Crippen molar-refractivity contribution < 1.29 is 9.53 Å². The average molecular weight is 542 g/mol. The second-order valence-electron chi connectivity index (χ2n) is 8.97. The zero-order valence-electron chi connectivity index (χ0n) is 19.4. The number of hydrogen-bond acceptors (Lipinski definition) is 5. The number of fused-ring (bicyclic) bond motifs is 3. The molecule has 0 N–H and O–H groups in total. The van der Waals surface area contributed by atoms with E-state index >= 15 is 0 Å². The number of ether oxygens (including phenoxy) is 1. The maximum atomic E-state index is 12.6. The molecule has 0 unspecified atom stereocenters. The third kappa shape index (κ3) is 4.98. The highest BCUT2D eigenvalue weighted by atomic mass is 79.9. The smallest absolute Gasteiger partial charge is 0.410 e. The predicted octanol–water partition coefficient (Wildman–Crippen LogP) is 6.80. The molecule has 1 aromatic carbocycles. The lowest BCUT2D eigenvalue weighted by Gasteiger charge is -2.32. The molecule has 1 aliphatic rings. The number of aryl methyl sites for hydroxylation is 1. The number of aromatic nitrogens is 3. The van der Waals surface area contributed by atoms with Gasteiger partial charge in [-0.05, 0) is 52.7 Å². The summed E-state index contributed by atoms with van der Waals surface area (Å²) in [5, 5.41) is 0. The molecule has 1 aliphatic heterocycles. The zero-order valence-corrected chi connectivity index (χ0v) is 21.8. The van der Waals surface area contributed by atoms with E-state index in [1.807, 2.05) is 41.4 Å². The first-order chi connectivity index (χ1) is 16.6. The van der Waals surface area contributed by atoms with Gasteiger partial charge >= 0.3 is 6.09 Å². The standard InChI is InChI=1S/C26H29BrN4O2S/c1-2-3-9-23-29-21-15-28-20-14-22(27)34-25(20)24(21)31(23)16-18-10-12-30(13-11-18)26(32)33-17-19-7-5-4-6-8-19/h4-8,14-15,18H,2-3,9-13,16-17H2,1H3. The number of halogens is 1. The van der Waals surface area contributed by atoms with Crippen molar-refractivity contribution in [1.29, 1.82) is 0 Å². The van der Waals surface area contributed by atoms with Crippen molar-refractivity contribution in [3.8, 4) is 0 Å². The highest BCUT2D eigenvalue weighted by Gasteiger charge is 2.26. The van der Waals surface area contributed by atoms with Crippen LogP contribution in [0, 0.1) is 5.92 Å². The number of thiophene rings is 1. The van der Waals surface area contributed by atoms with Crippen LogP contribution in [-0.4, -0.2) is 38.6 Å². The number of benzene rings is 1. The Bertz CT molecular complexity index is 1280. The van der Waals surface area contributed by atoms with Gasteiger partial charge in [-0.1, -0.05) is 43.7 Å². The van der Waals surface area contributed by atoms with Crippen LogP contribution in [0.1, 0.15) is 44.0 Å². The fraction of sp³-hybridized carbons (Fsp3) is 0.423. The van der Waals surface area contributed by atoms with Crippen molar-refractivity contribution in [2.75, 3.05) is 13.1 Å². The predicted molar refractivity (Wildman–Crippen MR) is 140 cm³/mol. The molecule has 8 heteroatoms. The highest BCUT2D eigenvalue weighted by Crippen LogP contribution is 2.35. The first-order valence-electron chi connectivity index (χ1n) is 12.0. The van der Waals surface area contributed by atoms with E-state index in [0.717, 1.165) is 77.9 Å². The van der Waals surface area contributed by atoms with Crippen LogP contribution in [-0.2, 0) is 24.3 Å². The molecule has 1 saturated heterocycles. The van der Waals surface area contributed by atoms with Crippen molar-refractivity contribution in [3.05, 3.63) is 57.8 Å². The summed E-state index contributed by atoms with van der Waals surface area (Å²) in [6.07, 6.45) is 6.88. The molecule has 34 heavy (non-hydrogen) atoms. The summed E-state index contributed by atoms with van der Waals surface area (Å²) >= 11 is 5.36. The van der Waals surface area contributed by atoms with E-state index in [4.69, 9.17) is 9.72 Å². The Morgan fingerprint density at radius 1 is 1.21 bits per heavy atom. The summed E-state index contributed by atoms with van der Waals surface area (Å²) < 4.78 is 10.3. The van der Waals surface area contributed by atoms with Crippen molar-refractivity contribution in [2.24, 2.45) is 5.92 Å². The third-order valence-corrected chi connectivity index (χ3v) is 8.20. The Morgan fingerprint density at radius 2 is 2.00 bits per heavy atom. The Morgan fingerprint density at radius 3 is 2.76 bits per heavy atom. The third-order valence-electron chi connectivity index (χ3n) is 6.57. The largest absolute Gasteiger partial charge is 0.445 e. The van der Waals surface area contributed by atoms with Crippen LogP contribution in [0.4, 0.5) is 4.79 Å². The van der Waals surface area contributed by atoms with Gasteiger partial charge in [0.1, 0.15) is 17.9 Å². The number of hydrogen-bond donors (Lipinski definition) is 0. The molecule has 0 spiro atoms. The van der Waals surface area contributed by atoms with E-state index in [1.165, 1.54) is 10.2 Å². The molecule has 0 atom stereocenters. The molecule has 178 valence electrons. The van der Waals surface area contributed by atoms with Gasteiger partial charge in [-0.3, -0.25) is 4.98 Å². The Kier molecular flexibility index (Phi) is 7.15. The normalized spacial score (nSPS) is 14.8. The van der Waals surface area contributed by atoms with Gasteiger partial charge in [0.15, 0.2) is 0 Å². The molecular weight excluding hydrogens is 512 g/mol. The number of unbranched alkanes of at least 4 members (excludes halogenated alkanes) is 1. The summed E-state index contributed by atoms with van der Waals surface area (Å²) in [4.78, 5) is 24.0. The number of carbonyl (C=O) groups is 1. The van der Waals surface area contributed by atoms with Crippen LogP contribution in [0.2, 0.25) is 0 Å². The molecule has 4 aromatic rings. The zero-order chi connectivity index (χ0) is 23.5. The van der Waals surface area contributed by atoms with Gasteiger partial charge in [-0.15, -0.1) is 11.3 Å². The molecule has 0 radical (unpaired) electrons. The van der Waals surface area contributed by atoms with E-state index in [1.54, 1.807) is 11.3 Å². The lowest BCUT2D eigenvalue weighted by molar-refractivity contribution is 0.0807. The molecule has 0 bridgehead atoms. The molecule has 4 heterocycles. The second-order valence-corrected chi connectivity index (χ2v) is 11.4. The number of rotatable bonds is 7. The Hall–Kier alpha value is -2.45. The molecule has 0 saturated carbocycles. The van der Waals surface area contributed by atoms with Crippen LogP contribution < -0.4 is 0 Å². The average Bonchev–Trinajstić information content (AvgIpc) is 3.41. The van der Waals surface area contributed by atoms with E-state index in [-0.39, 0.29) is 6.09 Å². The first kappa shape index (κ1) is 23.3. The molecule has 1 fully saturated rings. The summed E-state index contributed by atoms with van der Waals surface area (Å²) in [5.74, 6) is 1.66. The van der Waals surface area contributed by atoms with E-state index in [9.17, 15) is 4.79 Å². The maximum absolute atomic E-state index is 12.6. The lowest BCUT2D eigenvalue weighted by atomic mass is 9.96. The molecule has 6 nitrogen and oxygen atoms in total. The SMILES string of the molecule is CCCCc1nc2cnc3cc(Br)sc3c2n1CC1CCN(C(=O)OCc2ccccc2)CC1. The summed E-state index contributed by atoms with van der Waals surface area (Å²) in [7, 11) is 0. The monoisotopic (exact) mass is 540 g/mol. The Labute approximate surface area is 212 Å². The molecule has 1 amide bonds. The Balaban J connectivity index is 1.29. The highest BCUT2D eigenvalue weighted by molar-refractivity contribution is 9.11. The minimum atomic E-state index is -0.213. The van der Waals surface area contributed by atoms with Gasteiger partial charge in [0.2, 0.25) is 0 Å². The van der Waals surface area contributed by atoms with Gasteiger partial charge in [0.25, 0.3) is 0 Å². The maximum Gasteiger partial charge on any atom is 0.410 e. The van der Waals surface area contributed by atoms with Crippen molar-refractivity contribution in [2.45, 2.75) is 52.2 Å². The topological polar surface area (TPSA) is 60.2 Å². The van der Waals surface area contributed by atoms with Crippen LogP contribution in [0.25, 0.3) is 21.3 Å². The minimum Gasteiger partial charge on any atom is -0.445 e. The fourth-order valence-corrected chi connectivity index (χ4v) is 6.28. The van der Waals surface area contributed by atoms with Crippen LogP contribution >= 0.6 is 27.3 Å². The van der Waals surface area contributed by atoms with Crippen LogP contribution in [0.3, 0.4) is 0 Å². The van der Waals surface area contributed by atoms with E-state index < -0.39 is 0 Å². The number of piperidine rings is 1. The van der Waals surface area contributed by atoms with Crippen LogP contribution in [0.15, 0.2) is 46.4 Å².